The molecule has 0 atom stereocenters. The average Bonchev–Trinajstić information content (AvgIpc) is 3.36. The Bertz CT molecular complexity index is 1400. The van der Waals surface area contributed by atoms with Crippen LogP contribution < -0.4 is 20.5 Å². The van der Waals surface area contributed by atoms with Gasteiger partial charge in [0.05, 0.1) is 5.56 Å². The van der Waals surface area contributed by atoms with Gasteiger partial charge in [-0.1, -0.05) is 5.16 Å². The van der Waals surface area contributed by atoms with Crippen LogP contribution in [0.15, 0.2) is 64.2 Å². The summed E-state index contributed by atoms with van der Waals surface area (Å²) in [5.41, 5.74) is 2.17. The van der Waals surface area contributed by atoms with Gasteiger partial charge in [-0.15, -0.1) is 13.2 Å². The van der Waals surface area contributed by atoms with Crippen LogP contribution in [0.5, 0.6) is 5.75 Å². The smallest absolute Gasteiger partial charge is 0.406 e. The molecule has 5 rings (SSSR count). The quantitative estimate of drug-likeness (QED) is 0.417. The summed E-state index contributed by atoms with van der Waals surface area (Å²) in [6, 6.07) is 10.7. The SMILES string of the molecule is O=c1[nH]cc(-c2nc(-c3ccc(OC(F)(F)F)cc3)no2)cc1Cc1ccnc(N2CCNCC2)c1. The summed E-state index contributed by atoms with van der Waals surface area (Å²) in [6.07, 6.45) is -1.18. The van der Waals surface area contributed by atoms with Gasteiger partial charge in [0.1, 0.15) is 11.6 Å². The predicted octanol–water partition coefficient (Wildman–Crippen LogP) is 3.39. The second kappa shape index (κ2) is 9.82. The van der Waals surface area contributed by atoms with Gasteiger partial charge < -0.3 is 24.5 Å². The average molecular weight is 498 g/mol. The van der Waals surface area contributed by atoms with Gasteiger partial charge in [0.15, 0.2) is 0 Å². The zero-order valence-corrected chi connectivity index (χ0v) is 18.9. The van der Waals surface area contributed by atoms with Crippen LogP contribution in [0, 0.1) is 0 Å². The van der Waals surface area contributed by atoms with Crippen LogP contribution in [0.25, 0.3) is 22.8 Å². The van der Waals surface area contributed by atoms with E-state index >= 15 is 0 Å². The summed E-state index contributed by atoms with van der Waals surface area (Å²) in [6.45, 7) is 3.52. The minimum Gasteiger partial charge on any atom is -0.406 e. The van der Waals surface area contributed by atoms with Crippen LogP contribution in [0.2, 0.25) is 0 Å². The number of alkyl halides is 3. The Morgan fingerprint density at radius 2 is 1.83 bits per heavy atom. The van der Waals surface area contributed by atoms with E-state index in [9.17, 15) is 18.0 Å². The topological polar surface area (TPSA) is 109 Å². The molecule has 186 valence electrons. The number of ether oxygens (including phenoxy) is 1. The lowest BCUT2D eigenvalue weighted by Crippen LogP contribution is -2.43. The maximum atomic E-state index is 12.5. The summed E-state index contributed by atoms with van der Waals surface area (Å²) in [7, 11) is 0. The van der Waals surface area contributed by atoms with E-state index in [0.717, 1.165) is 37.6 Å². The predicted molar refractivity (Wildman–Crippen MR) is 125 cm³/mol. The second-order valence-corrected chi connectivity index (χ2v) is 8.17. The summed E-state index contributed by atoms with van der Waals surface area (Å²) in [5.74, 6) is 0.867. The van der Waals surface area contributed by atoms with Crippen LogP contribution in [0.3, 0.4) is 0 Å². The summed E-state index contributed by atoms with van der Waals surface area (Å²) >= 11 is 0. The van der Waals surface area contributed by atoms with Crippen molar-refractivity contribution in [2.45, 2.75) is 12.8 Å². The van der Waals surface area contributed by atoms with Crippen LogP contribution in [-0.4, -0.2) is 52.6 Å². The van der Waals surface area contributed by atoms with E-state index in [2.05, 4.69) is 35.1 Å². The highest BCUT2D eigenvalue weighted by Gasteiger charge is 2.31. The van der Waals surface area contributed by atoms with E-state index in [1.54, 1.807) is 12.3 Å². The molecule has 1 aromatic carbocycles. The molecule has 9 nitrogen and oxygen atoms in total. The van der Waals surface area contributed by atoms with E-state index in [-0.39, 0.29) is 23.0 Å². The Morgan fingerprint density at radius 1 is 1.06 bits per heavy atom. The Balaban J connectivity index is 1.34. The highest BCUT2D eigenvalue weighted by molar-refractivity contribution is 5.60. The number of anilines is 1. The number of aromatic amines is 1. The number of rotatable bonds is 6. The Morgan fingerprint density at radius 3 is 2.58 bits per heavy atom. The third-order valence-electron chi connectivity index (χ3n) is 5.64. The van der Waals surface area contributed by atoms with Crippen LogP contribution in [0.4, 0.5) is 19.0 Å². The number of hydrogen-bond acceptors (Lipinski definition) is 8. The number of piperazine rings is 1. The number of nitrogens with one attached hydrogen (secondary N) is 2. The van der Waals surface area contributed by atoms with Crippen LogP contribution in [0.1, 0.15) is 11.1 Å². The normalized spacial score (nSPS) is 14.1. The van der Waals surface area contributed by atoms with E-state index in [1.165, 1.54) is 30.5 Å². The maximum absolute atomic E-state index is 12.5. The first-order chi connectivity index (χ1) is 17.3. The molecule has 36 heavy (non-hydrogen) atoms. The van der Waals surface area contributed by atoms with Gasteiger partial charge >= 0.3 is 6.36 Å². The molecule has 0 amide bonds. The number of pyridine rings is 2. The van der Waals surface area contributed by atoms with Crippen molar-refractivity contribution in [1.82, 2.24) is 25.4 Å². The van der Waals surface area contributed by atoms with Gasteiger partial charge in [-0.2, -0.15) is 4.98 Å². The first-order valence-electron chi connectivity index (χ1n) is 11.2. The first kappa shape index (κ1) is 23.5. The lowest BCUT2D eigenvalue weighted by Gasteiger charge is -2.28. The lowest BCUT2D eigenvalue weighted by molar-refractivity contribution is -0.274. The van der Waals surface area contributed by atoms with E-state index in [1.807, 2.05) is 12.1 Å². The molecular formula is C24H21F3N6O3. The highest BCUT2D eigenvalue weighted by atomic mass is 19.4. The van der Waals surface area contributed by atoms with Crippen molar-refractivity contribution >= 4 is 5.82 Å². The third kappa shape index (κ3) is 5.54. The fourth-order valence-electron chi connectivity index (χ4n) is 3.91. The summed E-state index contributed by atoms with van der Waals surface area (Å²) in [4.78, 5) is 26.2. The fourth-order valence-corrected chi connectivity index (χ4v) is 3.91. The van der Waals surface area contributed by atoms with Gasteiger partial charge in [0, 0.05) is 56.1 Å². The van der Waals surface area contributed by atoms with Gasteiger partial charge in [-0.05, 0) is 48.0 Å². The van der Waals surface area contributed by atoms with E-state index in [0.29, 0.717) is 23.1 Å². The maximum Gasteiger partial charge on any atom is 0.573 e. The highest BCUT2D eigenvalue weighted by Crippen LogP contribution is 2.27. The molecule has 0 unspecified atom stereocenters. The molecule has 0 radical (unpaired) electrons. The van der Waals surface area contributed by atoms with Gasteiger partial charge in [0.2, 0.25) is 5.82 Å². The molecule has 12 heteroatoms. The largest absolute Gasteiger partial charge is 0.573 e. The van der Waals surface area contributed by atoms with Crippen molar-refractivity contribution in [3.05, 3.63) is 76.3 Å². The Labute approximate surface area is 202 Å². The number of halogens is 3. The molecule has 0 saturated carbocycles. The molecule has 1 fully saturated rings. The number of hydrogen-bond donors (Lipinski definition) is 2. The van der Waals surface area contributed by atoms with Crippen molar-refractivity contribution in [1.29, 1.82) is 0 Å². The van der Waals surface area contributed by atoms with Crippen molar-refractivity contribution in [2.75, 3.05) is 31.1 Å². The molecule has 0 aliphatic carbocycles. The molecule has 1 saturated heterocycles. The van der Waals surface area contributed by atoms with Gasteiger partial charge in [-0.25, -0.2) is 4.98 Å². The fraction of sp³-hybridized carbons (Fsp3) is 0.250. The number of nitrogens with zero attached hydrogens (tertiary/aromatic N) is 4. The Hall–Kier alpha value is -4.19. The zero-order chi connectivity index (χ0) is 25.1. The van der Waals surface area contributed by atoms with Gasteiger partial charge in [-0.3, -0.25) is 4.79 Å². The molecule has 2 N–H and O–H groups in total. The molecule has 1 aliphatic rings. The van der Waals surface area contributed by atoms with Crippen molar-refractivity contribution in [3.8, 4) is 28.6 Å². The molecule has 1 aliphatic heterocycles. The van der Waals surface area contributed by atoms with Crippen molar-refractivity contribution in [3.63, 3.8) is 0 Å². The summed E-state index contributed by atoms with van der Waals surface area (Å²) in [5, 5.41) is 7.22. The van der Waals surface area contributed by atoms with Crippen molar-refractivity contribution < 1.29 is 22.4 Å². The molecule has 4 heterocycles. The monoisotopic (exact) mass is 498 g/mol. The lowest BCUT2D eigenvalue weighted by atomic mass is 10.1. The standard InChI is InChI=1S/C24H21F3N6O3/c25-24(26,27)35-19-3-1-16(2-4-19)21-31-23(36-32-21)18-13-17(22(34)30-14-18)11-15-5-6-29-20(12-15)33-9-7-28-8-10-33/h1-6,12-14,28H,7-11H2,(H,30,34). The number of benzene rings is 1. The van der Waals surface area contributed by atoms with Crippen LogP contribution >= 0.6 is 0 Å². The minimum atomic E-state index is -4.77. The van der Waals surface area contributed by atoms with E-state index < -0.39 is 6.36 Å². The van der Waals surface area contributed by atoms with Crippen LogP contribution in [-0.2, 0) is 6.42 Å². The molecule has 0 spiro atoms. The van der Waals surface area contributed by atoms with Gasteiger partial charge in [0.25, 0.3) is 11.4 Å². The summed E-state index contributed by atoms with van der Waals surface area (Å²) < 4.78 is 46.3. The second-order valence-electron chi connectivity index (χ2n) is 8.17. The minimum absolute atomic E-state index is 0.161. The first-order valence-corrected chi connectivity index (χ1v) is 11.2. The number of H-pyrrole nitrogens is 1. The molecular weight excluding hydrogens is 477 g/mol. The molecule has 3 aromatic heterocycles. The van der Waals surface area contributed by atoms with Crippen molar-refractivity contribution in [2.24, 2.45) is 0 Å². The Kier molecular flexibility index (Phi) is 6.42. The number of aromatic nitrogens is 4. The molecule has 0 bridgehead atoms. The third-order valence-corrected chi connectivity index (χ3v) is 5.64. The molecule has 4 aromatic rings. The zero-order valence-electron chi connectivity index (χ0n) is 18.9. The van der Waals surface area contributed by atoms with E-state index in [4.69, 9.17) is 4.52 Å².